The molecule has 9 heteroatoms. The summed E-state index contributed by atoms with van der Waals surface area (Å²) >= 11 is 1.58. The van der Waals surface area contributed by atoms with E-state index in [0.717, 1.165) is 22.3 Å². The number of aromatic nitrogens is 2. The molecule has 256 valence electrons. The van der Waals surface area contributed by atoms with E-state index < -0.39 is 29.4 Å². The van der Waals surface area contributed by atoms with Gasteiger partial charge in [0.1, 0.15) is 17.3 Å². The number of nitrogens with one attached hydrogen (secondary N) is 2. The fourth-order valence-electron chi connectivity index (χ4n) is 6.34. The first kappa shape index (κ1) is 34.9. The maximum atomic E-state index is 13.9. The van der Waals surface area contributed by atoms with Gasteiger partial charge in [-0.1, -0.05) is 121 Å². The van der Waals surface area contributed by atoms with E-state index in [1.807, 2.05) is 95.8 Å². The lowest BCUT2D eigenvalue weighted by atomic mass is 9.77. The van der Waals surface area contributed by atoms with Crippen LogP contribution < -0.4 is 10.6 Å². The quantitative estimate of drug-likeness (QED) is 0.0951. The van der Waals surface area contributed by atoms with Gasteiger partial charge in [-0.2, -0.15) is 11.8 Å². The smallest absolute Gasteiger partial charge is 0.328 e. The molecule has 0 aliphatic rings. The number of carbonyl (C=O) groups is 3. The van der Waals surface area contributed by atoms with E-state index in [0.29, 0.717) is 29.0 Å². The summed E-state index contributed by atoms with van der Waals surface area (Å²) in [6.07, 6.45) is 5.83. The molecule has 2 amide bonds. The van der Waals surface area contributed by atoms with Crippen molar-refractivity contribution in [1.82, 2.24) is 14.9 Å². The van der Waals surface area contributed by atoms with E-state index >= 15 is 0 Å². The molecule has 0 radical (unpaired) electrons. The highest BCUT2D eigenvalue weighted by Gasteiger charge is 2.38. The summed E-state index contributed by atoms with van der Waals surface area (Å²) in [5.74, 6) is -0.648. The van der Waals surface area contributed by atoms with Crippen molar-refractivity contribution in [3.8, 4) is 11.1 Å². The minimum Gasteiger partial charge on any atom is -0.467 e. The van der Waals surface area contributed by atoms with Gasteiger partial charge in [0, 0.05) is 17.4 Å². The Bertz CT molecular complexity index is 1990. The highest BCUT2D eigenvalue weighted by Crippen LogP contribution is 2.41. The standard InChI is InChI=1S/C42H38N4O4S/c1-50-41(49)37(25-26-51-2)45-39(47)35-24-23-34(27-36(35)30-15-7-3-8-16-30)44-40(48)38-28-46(29-43-38)42(31-17-9-4-10-18-31,32-19-11-5-12-20-32)33-21-13-6-14-22-33/h3-24,27-29,37H,25-26H2,1-2H3,(H,44,48)(H,45,47)/t37-/m0/s1. The van der Waals surface area contributed by atoms with Gasteiger partial charge in [-0.15, -0.1) is 0 Å². The molecule has 1 aromatic heterocycles. The number of imidazole rings is 1. The summed E-state index contributed by atoms with van der Waals surface area (Å²) in [5, 5.41) is 5.84. The second-order valence-corrected chi connectivity index (χ2v) is 12.9. The number of ether oxygens (including phenoxy) is 1. The Labute approximate surface area is 301 Å². The van der Waals surface area contributed by atoms with Crippen LogP contribution in [0.15, 0.2) is 152 Å². The summed E-state index contributed by atoms with van der Waals surface area (Å²) < 4.78 is 6.93. The third-order valence-electron chi connectivity index (χ3n) is 8.79. The first-order chi connectivity index (χ1) is 24.9. The average molecular weight is 695 g/mol. The van der Waals surface area contributed by atoms with Gasteiger partial charge in [0.15, 0.2) is 0 Å². The average Bonchev–Trinajstić information content (AvgIpc) is 3.69. The lowest BCUT2D eigenvalue weighted by Crippen LogP contribution is -2.42. The van der Waals surface area contributed by atoms with Crippen LogP contribution in [0.5, 0.6) is 0 Å². The number of thioether (sulfide) groups is 1. The largest absolute Gasteiger partial charge is 0.467 e. The van der Waals surface area contributed by atoms with E-state index in [1.54, 1.807) is 42.5 Å². The van der Waals surface area contributed by atoms with Crippen LogP contribution in [0.4, 0.5) is 5.69 Å². The van der Waals surface area contributed by atoms with Crippen molar-refractivity contribution in [2.45, 2.75) is 18.0 Å². The predicted octanol–water partition coefficient (Wildman–Crippen LogP) is 7.67. The minimum atomic E-state index is -0.817. The van der Waals surface area contributed by atoms with Gasteiger partial charge in [0.05, 0.1) is 13.4 Å². The van der Waals surface area contributed by atoms with Crippen LogP contribution >= 0.6 is 11.8 Å². The van der Waals surface area contributed by atoms with Crippen molar-refractivity contribution in [3.63, 3.8) is 0 Å². The molecule has 6 aromatic rings. The molecule has 2 N–H and O–H groups in total. The Morgan fingerprint density at radius 1 is 0.765 bits per heavy atom. The minimum absolute atomic E-state index is 0.222. The van der Waals surface area contributed by atoms with E-state index in [2.05, 4.69) is 52.0 Å². The Hall–Kier alpha value is -5.93. The highest BCUT2D eigenvalue weighted by molar-refractivity contribution is 7.98. The Morgan fingerprint density at radius 3 is 1.84 bits per heavy atom. The van der Waals surface area contributed by atoms with Crippen LogP contribution in [0.1, 0.15) is 44.0 Å². The van der Waals surface area contributed by atoms with E-state index in [1.165, 1.54) is 7.11 Å². The number of carbonyl (C=O) groups excluding carboxylic acids is 3. The number of methoxy groups -OCH3 is 1. The van der Waals surface area contributed by atoms with Gasteiger partial charge >= 0.3 is 5.97 Å². The Morgan fingerprint density at radius 2 is 1.31 bits per heavy atom. The van der Waals surface area contributed by atoms with Crippen LogP contribution in [-0.2, 0) is 15.1 Å². The van der Waals surface area contributed by atoms with Gasteiger partial charge in [-0.05, 0) is 64.4 Å². The number of amides is 2. The second-order valence-electron chi connectivity index (χ2n) is 11.9. The Kier molecular flexibility index (Phi) is 11.1. The molecule has 6 rings (SSSR count). The topological polar surface area (TPSA) is 102 Å². The van der Waals surface area contributed by atoms with Gasteiger partial charge in [0.25, 0.3) is 11.8 Å². The number of anilines is 1. The molecule has 0 aliphatic heterocycles. The van der Waals surface area contributed by atoms with Crippen molar-refractivity contribution in [2.75, 3.05) is 24.4 Å². The molecule has 0 spiro atoms. The summed E-state index contributed by atoms with van der Waals surface area (Å²) in [6, 6.07) is 44.2. The third kappa shape index (κ3) is 7.49. The van der Waals surface area contributed by atoms with E-state index in [-0.39, 0.29) is 5.69 Å². The summed E-state index contributed by atoms with van der Waals surface area (Å²) in [6.45, 7) is 0. The zero-order chi connectivity index (χ0) is 35.6. The van der Waals surface area contributed by atoms with Crippen molar-refractivity contribution in [3.05, 3.63) is 180 Å². The van der Waals surface area contributed by atoms with E-state index in [9.17, 15) is 14.4 Å². The highest BCUT2D eigenvalue weighted by atomic mass is 32.2. The van der Waals surface area contributed by atoms with Gasteiger partial charge < -0.3 is 19.9 Å². The van der Waals surface area contributed by atoms with Gasteiger partial charge in [-0.25, -0.2) is 9.78 Å². The van der Waals surface area contributed by atoms with Crippen molar-refractivity contribution in [2.24, 2.45) is 0 Å². The molecule has 0 unspecified atom stereocenters. The zero-order valence-corrected chi connectivity index (χ0v) is 29.2. The first-order valence-corrected chi connectivity index (χ1v) is 17.9. The molecule has 0 saturated heterocycles. The normalized spacial score (nSPS) is 11.7. The molecule has 5 aromatic carbocycles. The first-order valence-electron chi connectivity index (χ1n) is 16.5. The maximum Gasteiger partial charge on any atom is 0.328 e. The van der Waals surface area contributed by atoms with Crippen molar-refractivity contribution < 1.29 is 19.1 Å². The predicted molar refractivity (Wildman–Crippen MR) is 203 cm³/mol. The monoisotopic (exact) mass is 694 g/mol. The van der Waals surface area contributed by atoms with Gasteiger partial charge in [-0.3, -0.25) is 9.59 Å². The van der Waals surface area contributed by atoms with Crippen LogP contribution in [0, 0.1) is 0 Å². The second kappa shape index (κ2) is 16.2. The third-order valence-corrected chi connectivity index (χ3v) is 9.43. The summed E-state index contributed by atoms with van der Waals surface area (Å²) in [4.78, 5) is 44.5. The molecule has 1 heterocycles. The number of hydrogen-bond acceptors (Lipinski definition) is 6. The molecule has 0 bridgehead atoms. The van der Waals surface area contributed by atoms with Crippen molar-refractivity contribution >= 4 is 35.2 Å². The lowest BCUT2D eigenvalue weighted by molar-refractivity contribution is -0.142. The van der Waals surface area contributed by atoms with Gasteiger partial charge in [0.2, 0.25) is 0 Å². The number of rotatable bonds is 13. The molecular weight excluding hydrogens is 657 g/mol. The van der Waals surface area contributed by atoms with Crippen molar-refractivity contribution in [1.29, 1.82) is 0 Å². The molecule has 0 fully saturated rings. The number of nitrogens with zero attached hydrogens (tertiary/aromatic N) is 2. The molecule has 0 saturated carbocycles. The number of hydrogen-bond donors (Lipinski definition) is 2. The molecular formula is C42H38N4O4S. The van der Waals surface area contributed by atoms with E-state index in [4.69, 9.17) is 4.74 Å². The molecule has 0 aliphatic carbocycles. The maximum absolute atomic E-state index is 13.9. The molecule has 1 atom stereocenters. The fourth-order valence-corrected chi connectivity index (χ4v) is 6.81. The van der Waals surface area contributed by atoms with Crippen LogP contribution in [0.3, 0.4) is 0 Å². The summed E-state index contributed by atoms with van der Waals surface area (Å²) in [5.41, 5.74) is 4.66. The lowest BCUT2D eigenvalue weighted by Gasteiger charge is -2.37. The number of benzene rings is 5. The zero-order valence-electron chi connectivity index (χ0n) is 28.4. The fraction of sp³-hybridized carbons (Fsp3) is 0.143. The Balaban J connectivity index is 1.35. The summed E-state index contributed by atoms with van der Waals surface area (Å²) in [7, 11) is 1.31. The van der Waals surface area contributed by atoms with Crippen LogP contribution in [0.2, 0.25) is 0 Å². The SMILES string of the molecule is COC(=O)[C@H](CCSC)NC(=O)c1ccc(NC(=O)c2cn(C(c3ccccc3)(c3ccccc3)c3ccccc3)cn2)cc1-c1ccccc1. The van der Waals surface area contributed by atoms with Crippen LogP contribution in [-0.4, -0.2) is 52.5 Å². The molecule has 51 heavy (non-hydrogen) atoms. The number of esters is 1. The molecule has 8 nitrogen and oxygen atoms in total. The van der Waals surface area contributed by atoms with Crippen LogP contribution in [0.25, 0.3) is 11.1 Å².